The molecule has 1 atom stereocenters. The quantitative estimate of drug-likeness (QED) is 0.686. The maximum absolute atomic E-state index is 11.8. The van der Waals surface area contributed by atoms with Crippen LogP contribution in [-0.4, -0.2) is 32.2 Å². The monoisotopic (exact) mass is 179 g/mol. The van der Waals surface area contributed by atoms with Gasteiger partial charge in [-0.3, -0.25) is 0 Å². The number of hydrogen-bond acceptors (Lipinski definition) is 2. The van der Waals surface area contributed by atoms with E-state index in [9.17, 15) is 8.78 Å². The molecule has 0 aromatic heterocycles. The van der Waals surface area contributed by atoms with Crippen molar-refractivity contribution in [3.05, 3.63) is 0 Å². The molecule has 0 radical (unpaired) electrons. The molecule has 2 nitrogen and oxygen atoms in total. The summed E-state index contributed by atoms with van der Waals surface area (Å²) in [6, 6.07) is 0. The molecule has 1 rings (SSSR count). The molecule has 0 bridgehead atoms. The lowest BCUT2D eigenvalue weighted by Crippen LogP contribution is -2.48. The lowest BCUT2D eigenvalue weighted by Gasteiger charge is -2.28. The molecule has 72 valence electrons. The molecule has 0 amide bonds. The predicted octanol–water partition coefficient (Wildman–Crippen LogP) is 1.27. The first-order valence-electron chi connectivity index (χ1n) is 4.29. The number of alkyl halides is 2. The van der Waals surface area contributed by atoms with Crippen LogP contribution < -0.4 is 5.32 Å². The van der Waals surface area contributed by atoms with Gasteiger partial charge in [-0.1, -0.05) is 6.92 Å². The molecule has 0 aromatic rings. The van der Waals surface area contributed by atoms with Gasteiger partial charge in [0.25, 0.3) is 0 Å². The van der Waals surface area contributed by atoms with Crippen LogP contribution in [0.25, 0.3) is 0 Å². The van der Waals surface area contributed by atoms with Crippen molar-refractivity contribution >= 4 is 0 Å². The first-order valence-corrected chi connectivity index (χ1v) is 4.29. The molecule has 0 spiro atoms. The number of hydrogen-bond donors (Lipinski definition) is 1. The number of nitrogens with one attached hydrogen (secondary N) is 1. The molecule has 1 saturated heterocycles. The third kappa shape index (κ3) is 3.45. The van der Waals surface area contributed by atoms with Crippen molar-refractivity contribution in [1.29, 1.82) is 0 Å². The van der Waals surface area contributed by atoms with Crippen LogP contribution in [0.15, 0.2) is 0 Å². The Morgan fingerprint density at radius 1 is 1.50 bits per heavy atom. The average molecular weight is 179 g/mol. The van der Waals surface area contributed by atoms with Gasteiger partial charge < -0.3 is 10.1 Å². The summed E-state index contributed by atoms with van der Waals surface area (Å²) < 4.78 is 29.0. The highest BCUT2D eigenvalue weighted by Crippen LogP contribution is 2.11. The van der Waals surface area contributed by atoms with Gasteiger partial charge in [0.1, 0.15) is 0 Å². The summed E-state index contributed by atoms with van der Waals surface area (Å²) in [6.07, 6.45) is -2.01. The molecule has 4 heteroatoms. The fourth-order valence-corrected chi connectivity index (χ4v) is 1.05. The molecule has 0 saturated carbocycles. The lowest BCUT2D eigenvalue weighted by atomic mass is 10.1. The second-order valence-corrected chi connectivity index (χ2v) is 3.35. The van der Waals surface area contributed by atoms with E-state index in [4.69, 9.17) is 4.74 Å². The Morgan fingerprint density at radius 3 is 2.58 bits per heavy atom. The highest BCUT2D eigenvalue weighted by molar-refractivity contribution is 4.75. The van der Waals surface area contributed by atoms with E-state index in [0.717, 1.165) is 13.1 Å². The summed E-state index contributed by atoms with van der Waals surface area (Å²) >= 11 is 0. The van der Waals surface area contributed by atoms with Crippen molar-refractivity contribution in [1.82, 2.24) is 5.32 Å². The second kappa shape index (κ2) is 4.72. The molecule has 1 fully saturated rings. The van der Waals surface area contributed by atoms with Crippen LogP contribution >= 0.6 is 0 Å². The van der Waals surface area contributed by atoms with Crippen LogP contribution in [0, 0.1) is 5.92 Å². The summed E-state index contributed by atoms with van der Waals surface area (Å²) in [5.41, 5.74) is 0. The van der Waals surface area contributed by atoms with Gasteiger partial charge in [-0.25, -0.2) is 8.78 Å². The zero-order valence-electron chi connectivity index (χ0n) is 7.22. The standard InChI is InChI=1S/C8H15F2NO/c1-6(2-8(9)10)5-12-7-3-11-4-7/h6-8,11H,2-5H2,1H3. The topological polar surface area (TPSA) is 21.3 Å². The zero-order valence-corrected chi connectivity index (χ0v) is 7.22. The van der Waals surface area contributed by atoms with Crippen molar-refractivity contribution < 1.29 is 13.5 Å². The highest BCUT2D eigenvalue weighted by Gasteiger charge is 2.18. The van der Waals surface area contributed by atoms with Crippen LogP contribution in [0.2, 0.25) is 0 Å². The fourth-order valence-electron chi connectivity index (χ4n) is 1.05. The molecule has 1 aliphatic heterocycles. The zero-order chi connectivity index (χ0) is 8.97. The smallest absolute Gasteiger partial charge is 0.239 e. The minimum Gasteiger partial charge on any atom is -0.375 e. The Labute approximate surface area is 71.3 Å². The number of rotatable bonds is 5. The third-order valence-corrected chi connectivity index (χ3v) is 1.94. The predicted molar refractivity (Wildman–Crippen MR) is 42.4 cm³/mol. The van der Waals surface area contributed by atoms with Gasteiger partial charge in [0.2, 0.25) is 6.43 Å². The van der Waals surface area contributed by atoms with Gasteiger partial charge >= 0.3 is 0 Å². The second-order valence-electron chi connectivity index (χ2n) is 3.35. The summed E-state index contributed by atoms with van der Waals surface area (Å²) in [7, 11) is 0. The van der Waals surface area contributed by atoms with Gasteiger partial charge in [0.15, 0.2) is 0 Å². The molecule has 12 heavy (non-hydrogen) atoms. The fraction of sp³-hybridized carbons (Fsp3) is 1.00. The molecule has 1 unspecified atom stereocenters. The third-order valence-electron chi connectivity index (χ3n) is 1.94. The Balaban J connectivity index is 1.97. The summed E-state index contributed by atoms with van der Waals surface area (Å²) in [6.45, 7) is 3.97. The largest absolute Gasteiger partial charge is 0.375 e. The van der Waals surface area contributed by atoms with Crippen molar-refractivity contribution in [2.45, 2.75) is 25.9 Å². The van der Waals surface area contributed by atoms with E-state index in [-0.39, 0.29) is 18.4 Å². The van der Waals surface area contributed by atoms with E-state index in [1.54, 1.807) is 6.92 Å². The maximum atomic E-state index is 11.8. The molecule has 0 aromatic carbocycles. The van der Waals surface area contributed by atoms with Gasteiger partial charge in [0, 0.05) is 26.1 Å². The van der Waals surface area contributed by atoms with Crippen molar-refractivity contribution in [2.75, 3.05) is 19.7 Å². The average Bonchev–Trinajstić information content (AvgIpc) is 1.81. The maximum Gasteiger partial charge on any atom is 0.239 e. The highest BCUT2D eigenvalue weighted by atomic mass is 19.3. The molecule has 1 heterocycles. The van der Waals surface area contributed by atoms with E-state index < -0.39 is 6.43 Å². The van der Waals surface area contributed by atoms with Crippen molar-refractivity contribution in [3.8, 4) is 0 Å². The van der Waals surface area contributed by atoms with E-state index in [1.807, 2.05) is 0 Å². The Hall–Kier alpha value is -0.220. The minimum atomic E-state index is -2.21. The van der Waals surface area contributed by atoms with Crippen LogP contribution in [0.5, 0.6) is 0 Å². The molecular formula is C8H15F2NO. The van der Waals surface area contributed by atoms with E-state index >= 15 is 0 Å². The molecule has 1 aliphatic rings. The van der Waals surface area contributed by atoms with Crippen molar-refractivity contribution in [2.24, 2.45) is 5.92 Å². The Morgan fingerprint density at radius 2 is 2.17 bits per heavy atom. The SMILES string of the molecule is CC(COC1CNC1)CC(F)F. The van der Waals surface area contributed by atoms with Crippen molar-refractivity contribution in [3.63, 3.8) is 0 Å². The van der Waals surface area contributed by atoms with Gasteiger partial charge in [-0.15, -0.1) is 0 Å². The van der Waals surface area contributed by atoms with Crippen LogP contribution in [0.4, 0.5) is 8.78 Å². The van der Waals surface area contributed by atoms with Crippen LogP contribution in [0.3, 0.4) is 0 Å². The molecular weight excluding hydrogens is 164 g/mol. The first kappa shape index (κ1) is 9.86. The molecule has 1 N–H and O–H groups in total. The van der Waals surface area contributed by atoms with Gasteiger partial charge in [-0.05, 0) is 5.92 Å². The lowest BCUT2D eigenvalue weighted by molar-refractivity contribution is -0.00957. The number of ether oxygens (including phenoxy) is 1. The minimum absolute atomic E-state index is 0.0365. The van der Waals surface area contributed by atoms with Gasteiger partial charge in [0.05, 0.1) is 6.10 Å². The van der Waals surface area contributed by atoms with E-state index in [0.29, 0.717) is 6.61 Å². The summed E-state index contributed by atoms with van der Waals surface area (Å²) in [4.78, 5) is 0. The molecule has 0 aliphatic carbocycles. The normalized spacial score (nSPS) is 21.0. The van der Waals surface area contributed by atoms with E-state index in [1.165, 1.54) is 0 Å². The van der Waals surface area contributed by atoms with Crippen LogP contribution in [-0.2, 0) is 4.74 Å². The van der Waals surface area contributed by atoms with Crippen LogP contribution in [0.1, 0.15) is 13.3 Å². The number of halogens is 2. The summed E-state index contributed by atoms with van der Waals surface area (Å²) in [5.74, 6) is -0.0365. The first-order chi connectivity index (χ1) is 5.68. The summed E-state index contributed by atoms with van der Waals surface area (Å²) in [5, 5.41) is 3.05. The van der Waals surface area contributed by atoms with E-state index in [2.05, 4.69) is 5.32 Å². The van der Waals surface area contributed by atoms with Gasteiger partial charge in [-0.2, -0.15) is 0 Å². The Bertz CT molecular complexity index is 128. The Kier molecular flexibility index (Phi) is 3.88.